The van der Waals surface area contributed by atoms with Crippen molar-refractivity contribution in [3.63, 3.8) is 0 Å². The molecule has 0 bridgehead atoms. The van der Waals surface area contributed by atoms with Crippen molar-refractivity contribution in [1.82, 2.24) is 0 Å². The van der Waals surface area contributed by atoms with Gasteiger partial charge in [0, 0.05) is 25.7 Å². The highest BCUT2D eigenvalue weighted by molar-refractivity contribution is 5.57. The van der Waals surface area contributed by atoms with Crippen molar-refractivity contribution in [1.29, 1.82) is 0 Å². The highest BCUT2D eigenvalue weighted by Gasteiger charge is 2.13. The molecule has 0 saturated carbocycles. The Morgan fingerprint density at radius 1 is 1.47 bits per heavy atom. The summed E-state index contributed by atoms with van der Waals surface area (Å²) in [5.74, 6) is 0. The van der Waals surface area contributed by atoms with Crippen molar-refractivity contribution in [3.05, 3.63) is 29.3 Å². The van der Waals surface area contributed by atoms with Gasteiger partial charge in [-0.3, -0.25) is 0 Å². The highest BCUT2D eigenvalue weighted by atomic mass is 16.1. The molecule has 0 N–H and O–H groups in total. The third-order valence-electron chi connectivity index (χ3n) is 3.05. The summed E-state index contributed by atoms with van der Waals surface area (Å²) in [4.78, 5) is 12.6. The number of rotatable bonds is 3. The number of aldehydes is 1. The number of fused-ring (bicyclic) bond motifs is 1. The number of anilines is 1. The van der Waals surface area contributed by atoms with E-state index in [0.717, 1.165) is 19.3 Å². The first kappa shape index (κ1) is 10.2. The van der Waals surface area contributed by atoms with E-state index in [1.807, 2.05) is 0 Å². The van der Waals surface area contributed by atoms with Gasteiger partial charge in [0.25, 0.3) is 0 Å². The lowest BCUT2D eigenvalue weighted by Crippen LogP contribution is -2.24. The van der Waals surface area contributed by atoms with E-state index < -0.39 is 0 Å². The molecule has 0 unspecified atom stereocenters. The predicted molar refractivity (Wildman–Crippen MR) is 62.4 cm³/mol. The Hall–Kier alpha value is -1.31. The predicted octanol–water partition coefficient (Wildman–Crippen LogP) is 2.20. The van der Waals surface area contributed by atoms with Crippen molar-refractivity contribution < 1.29 is 4.79 Å². The Balaban J connectivity index is 2.21. The minimum absolute atomic E-state index is 0.634. The molecule has 2 heteroatoms. The Morgan fingerprint density at radius 3 is 3.13 bits per heavy atom. The van der Waals surface area contributed by atoms with Crippen molar-refractivity contribution in [2.24, 2.45) is 0 Å². The molecule has 1 aromatic carbocycles. The molecule has 0 saturated heterocycles. The normalized spacial score (nSPS) is 14.9. The Morgan fingerprint density at radius 2 is 2.33 bits per heavy atom. The molecule has 1 aliphatic heterocycles. The van der Waals surface area contributed by atoms with Gasteiger partial charge in [0.05, 0.1) is 0 Å². The van der Waals surface area contributed by atoms with Gasteiger partial charge < -0.3 is 9.69 Å². The zero-order valence-corrected chi connectivity index (χ0v) is 9.20. The van der Waals surface area contributed by atoms with Crippen molar-refractivity contribution in [2.75, 3.05) is 18.5 Å². The summed E-state index contributed by atoms with van der Waals surface area (Å²) in [6.07, 6.45) is 4.91. The number of benzene rings is 1. The maximum atomic E-state index is 10.3. The summed E-state index contributed by atoms with van der Waals surface area (Å²) < 4.78 is 0. The van der Waals surface area contributed by atoms with E-state index in [9.17, 15) is 4.79 Å². The lowest BCUT2D eigenvalue weighted by Gasteiger charge is -2.27. The first-order chi connectivity index (χ1) is 7.31. The summed E-state index contributed by atoms with van der Waals surface area (Å²) in [6, 6.07) is 6.59. The smallest absolute Gasteiger partial charge is 0.120 e. The van der Waals surface area contributed by atoms with Crippen LogP contribution in [0.5, 0.6) is 0 Å². The molecule has 2 rings (SSSR count). The Bertz CT molecular complexity index is 360. The van der Waals surface area contributed by atoms with Crippen LogP contribution in [-0.2, 0) is 17.6 Å². The number of aryl methyl sites for hydroxylation is 2. The zero-order chi connectivity index (χ0) is 10.7. The summed E-state index contributed by atoms with van der Waals surface area (Å²) >= 11 is 0. The van der Waals surface area contributed by atoms with Gasteiger partial charge in [-0.25, -0.2) is 0 Å². The van der Waals surface area contributed by atoms with E-state index in [1.165, 1.54) is 29.7 Å². The van der Waals surface area contributed by atoms with Gasteiger partial charge >= 0.3 is 0 Å². The molecule has 0 aliphatic carbocycles. The number of carbonyl (C=O) groups is 1. The topological polar surface area (TPSA) is 20.3 Å². The lowest BCUT2D eigenvalue weighted by atomic mass is 9.98. The van der Waals surface area contributed by atoms with Crippen LogP contribution in [0.25, 0.3) is 0 Å². The van der Waals surface area contributed by atoms with Crippen LogP contribution in [0, 0.1) is 0 Å². The molecule has 1 aromatic rings. The first-order valence-corrected chi connectivity index (χ1v) is 5.58. The quantitative estimate of drug-likeness (QED) is 0.702. The van der Waals surface area contributed by atoms with Crippen LogP contribution in [0.4, 0.5) is 5.69 Å². The molecule has 80 valence electrons. The van der Waals surface area contributed by atoms with Crippen molar-refractivity contribution >= 4 is 12.0 Å². The minimum Gasteiger partial charge on any atom is -0.374 e. The van der Waals surface area contributed by atoms with Crippen LogP contribution in [-0.4, -0.2) is 19.9 Å². The standard InChI is InChI=1S/C13H17NO/c1-14-8-2-5-12-10-11(4-3-9-15)6-7-13(12)14/h6-7,9-10H,2-5,8H2,1H3. The molecule has 0 atom stereocenters. The molecular weight excluding hydrogens is 186 g/mol. The molecule has 0 radical (unpaired) electrons. The van der Waals surface area contributed by atoms with Gasteiger partial charge in [-0.1, -0.05) is 12.1 Å². The van der Waals surface area contributed by atoms with Crippen molar-refractivity contribution in [2.45, 2.75) is 25.7 Å². The van der Waals surface area contributed by atoms with Gasteiger partial charge in [0.1, 0.15) is 6.29 Å². The van der Waals surface area contributed by atoms with Gasteiger partial charge in [-0.15, -0.1) is 0 Å². The van der Waals surface area contributed by atoms with E-state index in [0.29, 0.717) is 6.42 Å². The summed E-state index contributed by atoms with van der Waals surface area (Å²) in [5.41, 5.74) is 4.08. The fraction of sp³-hybridized carbons (Fsp3) is 0.462. The average molecular weight is 203 g/mol. The SMILES string of the molecule is CN1CCCc2cc(CCC=O)ccc21. The molecule has 0 aromatic heterocycles. The van der Waals surface area contributed by atoms with Crippen LogP contribution in [0.2, 0.25) is 0 Å². The molecule has 0 amide bonds. The van der Waals surface area contributed by atoms with Crippen LogP contribution >= 0.6 is 0 Å². The van der Waals surface area contributed by atoms with E-state index >= 15 is 0 Å². The van der Waals surface area contributed by atoms with Crippen LogP contribution in [0.15, 0.2) is 18.2 Å². The molecule has 0 spiro atoms. The maximum Gasteiger partial charge on any atom is 0.120 e. The van der Waals surface area contributed by atoms with Gasteiger partial charge in [-0.05, 0) is 36.5 Å². The fourth-order valence-electron chi connectivity index (χ4n) is 2.22. The van der Waals surface area contributed by atoms with E-state index in [2.05, 4.69) is 30.1 Å². The first-order valence-electron chi connectivity index (χ1n) is 5.58. The second-order valence-electron chi connectivity index (χ2n) is 4.19. The fourth-order valence-corrected chi connectivity index (χ4v) is 2.22. The molecule has 0 fully saturated rings. The molecule has 1 heterocycles. The van der Waals surface area contributed by atoms with Gasteiger partial charge in [0.2, 0.25) is 0 Å². The summed E-state index contributed by atoms with van der Waals surface area (Å²) in [6.45, 7) is 1.15. The Kier molecular flexibility index (Phi) is 3.05. The average Bonchev–Trinajstić information content (AvgIpc) is 2.26. The van der Waals surface area contributed by atoms with Gasteiger partial charge in [-0.2, -0.15) is 0 Å². The van der Waals surface area contributed by atoms with Crippen LogP contribution < -0.4 is 4.90 Å². The maximum absolute atomic E-state index is 10.3. The number of hydrogen-bond acceptors (Lipinski definition) is 2. The van der Waals surface area contributed by atoms with Gasteiger partial charge in [0.15, 0.2) is 0 Å². The molecular formula is C13H17NO. The molecule has 15 heavy (non-hydrogen) atoms. The summed E-state index contributed by atoms with van der Waals surface area (Å²) in [5, 5.41) is 0. The summed E-state index contributed by atoms with van der Waals surface area (Å²) in [7, 11) is 2.14. The van der Waals surface area contributed by atoms with E-state index in [4.69, 9.17) is 0 Å². The Labute approximate surface area is 90.9 Å². The largest absolute Gasteiger partial charge is 0.374 e. The second kappa shape index (κ2) is 4.47. The minimum atomic E-state index is 0.634. The van der Waals surface area contributed by atoms with E-state index in [1.54, 1.807) is 0 Å². The van der Waals surface area contributed by atoms with E-state index in [-0.39, 0.29) is 0 Å². The molecule has 1 aliphatic rings. The third kappa shape index (κ3) is 2.20. The molecule has 2 nitrogen and oxygen atoms in total. The third-order valence-corrected chi connectivity index (χ3v) is 3.05. The second-order valence-corrected chi connectivity index (χ2v) is 4.19. The number of carbonyl (C=O) groups excluding carboxylic acids is 1. The lowest BCUT2D eigenvalue weighted by molar-refractivity contribution is -0.107. The van der Waals surface area contributed by atoms with Crippen LogP contribution in [0.1, 0.15) is 24.0 Å². The van der Waals surface area contributed by atoms with Crippen LogP contribution in [0.3, 0.4) is 0 Å². The zero-order valence-electron chi connectivity index (χ0n) is 9.20. The highest BCUT2D eigenvalue weighted by Crippen LogP contribution is 2.26. The monoisotopic (exact) mass is 203 g/mol. The number of nitrogens with zero attached hydrogens (tertiary/aromatic N) is 1. The van der Waals surface area contributed by atoms with Crippen molar-refractivity contribution in [3.8, 4) is 0 Å². The number of hydrogen-bond donors (Lipinski definition) is 0.